The predicted molar refractivity (Wildman–Crippen MR) is 110 cm³/mol. The molecule has 3 aromatic rings. The Kier molecular flexibility index (Phi) is 6.72. The number of amides is 1. The third-order valence-electron chi connectivity index (χ3n) is 4.54. The van der Waals surface area contributed by atoms with Crippen molar-refractivity contribution in [3.63, 3.8) is 0 Å². The quantitative estimate of drug-likeness (QED) is 0.338. The number of aryl methyl sites for hydroxylation is 2. The minimum Gasteiger partial charge on any atom is -0.352 e. The van der Waals surface area contributed by atoms with Crippen LogP contribution in [0.25, 0.3) is 11.6 Å². The SMILES string of the molecule is Cc1cc(C(F)(F)F)nn1CCCNC(=O)/C(=C\c1ccccc1)c1ccccc1. The molecule has 2 aromatic carbocycles. The largest absolute Gasteiger partial charge is 0.435 e. The van der Waals surface area contributed by atoms with Gasteiger partial charge in [0.25, 0.3) is 5.91 Å². The number of alkyl halides is 3. The highest BCUT2D eigenvalue weighted by atomic mass is 19.4. The van der Waals surface area contributed by atoms with Crippen LogP contribution in [-0.2, 0) is 17.5 Å². The molecule has 0 atom stereocenters. The van der Waals surface area contributed by atoms with E-state index in [0.717, 1.165) is 17.2 Å². The van der Waals surface area contributed by atoms with Crippen LogP contribution in [-0.4, -0.2) is 22.2 Å². The molecule has 1 aromatic heterocycles. The minimum atomic E-state index is -4.46. The average Bonchev–Trinajstić information content (AvgIpc) is 3.12. The fourth-order valence-corrected chi connectivity index (χ4v) is 3.01. The van der Waals surface area contributed by atoms with Gasteiger partial charge in [-0.25, -0.2) is 0 Å². The van der Waals surface area contributed by atoms with E-state index in [0.29, 0.717) is 24.2 Å². The number of halogens is 3. The van der Waals surface area contributed by atoms with Crippen LogP contribution in [0.3, 0.4) is 0 Å². The van der Waals surface area contributed by atoms with Crippen LogP contribution in [0.2, 0.25) is 0 Å². The van der Waals surface area contributed by atoms with Crippen LogP contribution in [0, 0.1) is 6.92 Å². The van der Waals surface area contributed by atoms with E-state index in [1.807, 2.05) is 66.7 Å². The monoisotopic (exact) mass is 413 g/mol. The highest BCUT2D eigenvalue weighted by Gasteiger charge is 2.34. The Labute approximate surface area is 173 Å². The first-order chi connectivity index (χ1) is 14.3. The lowest BCUT2D eigenvalue weighted by Gasteiger charge is -2.10. The first kappa shape index (κ1) is 21.4. The number of hydrogen-bond donors (Lipinski definition) is 1. The standard InChI is InChI=1S/C23H22F3N3O/c1-17-15-21(23(24,25)26)28-29(17)14-8-13-27-22(30)20(19-11-6-3-7-12-19)16-18-9-4-2-5-10-18/h2-7,9-12,15-16H,8,13-14H2,1H3,(H,27,30)/b20-16-. The molecular weight excluding hydrogens is 391 g/mol. The van der Waals surface area contributed by atoms with Crippen molar-refractivity contribution in [1.29, 1.82) is 0 Å². The first-order valence-corrected chi connectivity index (χ1v) is 9.56. The highest BCUT2D eigenvalue weighted by Crippen LogP contribution is 2.28. The Morgan fingerprint density at radius 2 is 1.70 bits per heavy atom. The Bertz CT molecular complexity index is 1010. The zero-order chi connectivity index (χ0) is 21.6. The normalized spacial score (nSPS) is 12.1. The van der Waals surface area contributed by atoms with E-state index in [4.69, 9.17) is 0 Å². The van der Waals surface area contributed by atoms with Gasteiger partial charge in [0, 0.05) is 24.4 Å². The number of hydrogen-bond acceptors (Lipinski definition) is 2. The van der Waals surface area contributed by atoms with Crippen molar-refractivity contribution < 1.29 is 18.0 Å². The fourth-order valence-electron chi connectivity index (χ4n) is 3.01. The Hall–Kier alpha value is -3.35. The number of aromatic nitrogens is 2. The Balaban J connectivity index is 1.64. The van der Waals surface area contributed by atoms with Crippen LogP contribution in [0.5, 0.6) is 0 Å². The van der Waals surface area contributed by atoms with E-state index in [-0.39, 0.29) is 12.5 Å². The summed E-state index contributed by atoms with van der Waals surface area (Å²) in [6.07, 6.45) is -2.19. The van der Waals surface area contributed by atoms with Crippen molar-refractivity contribution in [2.45, 2.75) is 26.1 Å². The molecule has 0 fully saturated rings. The van der Waals surface area contributed by atoms with Gasteiger partial charge in [0.05, 0.1) is 0 Å². The van der Waals surface area contributed by atoms with Gasteiger partial charge in [-0.2, -0.15) is 18.3 Å². The van der Waals surface area contributed by atoms with Gasteiger partial charge in [0.15, 0.2) is 5.69 Å². The summed E-state index contributed by atoms with van der Waals surface area (Å²) in [5, 5.41) is 6.46. The maximum absolute atomic E-state index is 12.8. The average molecular weight is 413 g/mol. The smallest absolute Gasteiger partial charge is 0.352 e. The van der Waals surface area contributed by atoms with Crippen molar-refractivity contribution in [3.8, 4) is 0 Å². The van der Waals surface area contributed by atoms with Gasteiger partial charge in [0.2, 0.25) is 0 Å². The summed E-state index contributed by atoms with van der Waals surface area (Å²) < 4.78 is 39.6. The second-order valence-corrected chi connectivity index (χ2v) is 6.84. The van der Waals surface area contributed by atoms with E-state index in [1.54, 1.807) is 6.92 Å². The molecule has 7 heteroatoms. The number of nitrogens with one attached hydrogen (secondary N) is 1. The summed E-state index contributed by atoms with van der Waals surface area (Å²) >= 11 is 0. The van der Waals surface area contributed by atoms with E-state index in [9.17, 15) is 18.0 Å². The second kappa shape index (κ2) is 9.43. The van der Waals surface area contributed by atoms with Crippen molar-refractivity contribution in [1.82, 2.24) is 15.1 Å². The van der Waals surface area contributed by atoms with E-state index >= 15 is 0 Å². The Morgan fingerprint density at radius 3 is 2.30 bits per heavy atom. The van der Waals surface area contributed by atoms with Gasteiger partial charge in [0.1, 0.15) is 0 Å². The molecule has 1 amide bonds. The molecule has 0 aliphatic carbocycles. The maximum atomic E-state index is 12.8. The zero-order valence-electron chi connectivity index (χ0n) is 16.5. The van der Waals surface area contributed by atoms with Gasteiger partial charge in [-0.05, 0) is 36.6 Å². The molecule has 0 aliphatic rings. The number of benzene rings is 2. The van der Waals surface area contributed by atoms with Gasteiger partial charge in [-0.1, -0.05) is 60.7 Å². The van der Waals surface area contributed by atoms with Crippen LogP contribution < -0.4 is 5.32 Å². The molecular formula is C23H22F3N3O. The molecule has 0 unspecified atom stereocenters. The lowest BCUT2D eigenvalue weighted by molar-refractivity contribution is -0.141. The highest BCUT2D eigenvalue weighted by molar-refractivity contribution is 6.24. The molecule has 30 heavy (non-hydrogen) atoms. The summed E-state index contributed by atoms with van der Waals surface area (Å²) in [7, 11) is 0. The number of rotatable bonds is 7. The van der Waals surface area contributed by atoms with E-state index in [1.165, 1.54) is 4.68 Å². The fraction of sp³-hybridized carbons (Fsp3) is 0.217. The molecule has 3 rings (SSSR count). The molecule has 0 aliphatic heterocycles. The number of carbonyl (C=O) groups excluding carboxylic acids is 1. The third kappa shape index (κ3) is 5.59. The zero-order valence-corrected chi connectivity index (χ0v) is 16.5. The summed E-state index contributed by atoms with van der Waals surface area (Å²) in [5.74, 6) is -0.238. The molecule has 0 bridgehead atoms. The molecule has 0 saturated heterocycles. The minimum absolute atomic E-state index is 0.238. The second-order valence-electron chi connectivity index (χ2n) is 6.84. The maximum Gasteiger partial charge on any atom is 0.435 e. The molecule has 1 heterocycles. The predicted octanol–water partition coefficient (Wildman–Crippen LogP) is 4.96. The van der Waals surface area contributed by atoms with Crippen molar-refractivity contribution in [2.75, 3.05) is 6.54 Å². The lowest BCUT2D eigenvalue weighted by Crippen LogP contribution is -2.26. The molecule has 1 N–H and O–H groups in total. The van der Waals surface area contributed by atoms with E-state index in [2.05, 4.69) is 10.4 Å². The van der Waals surface area contributed by atoms with Gasteiger partial charge < -0.3 is 5.32 Å². The van der Waals surface area contributed by atoms with Crippen molar-refractivity contribution >= 4 is 17.6 Å². The summed E-state index contributed by atoms with van der Waals surface area (Å²) in [6.45, 7) is 2.18. The molecule has 4 nitrogen and oxygen atoms in total. The number of nitrogens with zero attached hydrogens (tertiary/aromatic N) is 2. The molecule has 0 spiro atoms. The number of carbonyl (C=O) groups is 1. The van der Waals surface area contributed by atoms with Gasteiger partial charge in [-0.15, -0.1) is 0 Å². The topological polar surface area (TPSA) is 46.9 Å². The van der Waals surface area contributed by atoms with Gasteiger partial charge in [-0.3, -0.25) is 9.48 Å². The summed E-state index contributed by atoms with van der Waals surface area (Å²) in [5.41, 5.74) is 1.75. The van der Waals surface area contributed by atoms with Crippen LogP contribution in [0.4, 0.5) is 13.2 Å². The third-order valence-corrected chi connectivity index (χ3v) is 4.54. The first-order valence-electron chi connectivity index (χ1n) is 9.56. The van der Waals surface area contributed by atoms with Crippen molar-refractivity contribution in [3.05, 3.63) is 89.2 Å². The summed E-state index contributed by atoms with van der Waals surface area (Å²) in [4.78, 5) is 12.8. The molecule has 156 valence electrons. The van der Waals surface area contributed by atoms with Gasteiger partial charge >= 0.3 is 6.18 Å². The summed E-state index contributed by atoms with van der Waals surface area (Å²) in [6, 6.07) is 19.9. The van der Waals surface area contributed by atoms with Crippen LogP contribution in [0.1, 0.15) is 28.9 Å². The van der Waals surface area contributed by atoms with Crippen molar-refractivity contribution in [2.24, 2.45) is 0 Å². The molecule has 0 radical (unpaired) electrons. The van der Waals surface area contributed by atoms with Crippen LogP contribution in [0.15, 0.2) is 66.7 Å². The Morgan fingerprint density at radius 1 is 1.07 bits per heavy atom. The molecule has 0 saturated carbocycles. The van der Waals surface area contributed by atoms with E-state index < -0.39 is 11.9 Å². The van der Waals surface area contributed by atoms with Crippen LogP contribution >= 0.6 is 0 Å². The lowest BCUT2D eigenvalue weighted by atomic mass is 10.0.